The van der Waals surface area contributed by atoms with Crippen molar-refractivity contribution in [3.8, 4) is 0 Å². The van der Waals surface area contributed by atoms with Gasteiger partial charge in [0.2, 0.25) is 0 Å². The molecule has 1 aromatic carbocycles. The van der Waals surface area contributed by atoms with Crippen LogP contribution in [0.15, 0.2) is 12.1 Å². The summed E-state index contributed by atoms with van der Waals surface area (Å²) in [5.41, 5.74) is 0.448. The Hall–Kier alpha value is 0.0800. The lowest BCUT2D eigenvalue weighted by Crippen LogP contribution is -1.85. The normalized spacial score (nSPS) is 11.0. The third-order valence-electron chi connectivity index (χ3n) is 1.89. The molecule has 0 atom stereocenters. The molecule has 0 radical (unpaired) electrons. The van der Waals surface area contributed by atoms with E-state index in [4.69, 9.17) is 58.0 Å². The number of fused-ring (bicyclic) bond motifs is 1. The highest BCUT2D eigenvalue weighted by Gasteiger charge is 2.13. The Kier molecular flexibility index (Phi) is 3.20. The minimum absolute atomic E-state index is 0.110. The van der Waals surface area contributed by atoms with Gasteiger partial charge >= 0.3 is 0 Å². The zero-order valence-electron chi connectivity index (χ0n) is 6.99. The molecule has 1 nitrogen and oxygen atoms in total. The summed E-state index contributed by atoms with van der Waals surface area (Å²) in [5.74, 6) is 0. The average Bonchev–Trinajstić information content (AvgIpc) is 2.21. The van der Waals surface area contributed by atoms with Crippen LogP contribution in [0, 0.1) is 0 Å². The van der Waals surface area contributed by atoms with Gasteiger partial charge in [-0.25, -0.2) is 4.98 Å². The van der Waals surface area contributed by atoms with Crippen LogP contribution in [0.3, 0.4) is 0 Å². The van der Waals surface area contributed by atoms with Gasteiger partial charge in [0.25, 0.3) is 0 Å². The quantitative estimate of drug-likeness (QED) is 0.585. The van der Waals surface area contributed by atoms with Crippen molar-refractivity contribution >= 4 is 68.9 Å². The molecule has 0 aliphatic carbocycles. The van der Waals surface area contributed by atoms with Crippen LogP contribution in [0.25, 0.3) is 10.9 Å². The zero-order valence-corrected chi connectivity index (χ0v) is 10.8. The first-order chi connectivity index (χ1) is 7.02. The van der Waals surface area contributed by atoms with Gasteiger partial charge in [0, 0.05) is 5.39 Å². The number of halogens is 5. The Balaban J connectivity index is 2.98. The number of rotatable bonds is 0. The van der Waals surface area contributed by atoms with Gasteiger partial charge in [0.15, 0.2) is 0 Å². The van der Waals surface area contributed by atoms with Crippen molar-refractivity contribution in [2.24, 2.45) is 0 Å². The number of hydrogen-bond acceptors (Lipinski definition) is 1. The molecule has 0 aliphatic rings. The van der Waals surface area contributed by atoms with Gasteiger partial charge in [-0.2, -0.15) is 0 Å². The maximum absolute atomic E-state index is 6.00. The molecule has 0 spiro atoms. The van der Waals surface area contributed by atoms with Crippen molar-refractivity contribution in [2.45, 2.75) is 0 Å². The second kappa shape index (κ2) is 4.15. The van der Waals surface area contributed by atoms with Crippen LogP contribution >= 0.6 is 58.0 Å². The van der Waals surface area contributed by atoms with Crippen molar-refractivity contribution in [3.63, 3.8) is 0 Å². The van der Waals surface area contributed by atoms with E-state index >= 15 is 0 Å². The van der Waals surface area contributed by atoms with Crippen molar-refractivity contribution in [1.82, 2.24) is 4.98 Å². The lowest BCUT2D eigenvalue weighted by atomic mass is 10.2. The molecule has 0 N–H and O–H groups in total. The number of pyridine rings is 1. The summed E-state index contributed by atoms with van der Waals surface area (Å²) in [6.45, 7) is 0. The number of aromatic nitrogens is 1. The van der Waals surface area contributed by atoms with Crippen LogP contribution in [0.2, 0.25) is 25.2 Å². The minimum atomic E-state index is 0.110. The first-order valence-electron chi connectivity index (χ1n) is 3.80. The van der Waals surface area contributed by atoms with Crippen molar-refractivity contribution < 1.29 is 0 Å². The maximum Gasteiger partial charge on any atom is 0.149 e. The predicted octanol–water partition coefficient (Wildman–Crippen LogP) is 5.50. The van der Waals surface area contributed by atoms with Gasteiger partial charge in [0.05, 0.1) is 25.6 Å². The van der Waals surface area contributed by atoms with E-state index in [1.165, 1.54) is 0 Å². The molecule has 0 bridgehead atoms. The van der Waals surface area contributed by atoms with Gasteiger partial charge < -0.3 is 0 Å². The van der Waals surface area contributed by atoms with Crippen molar-refractivity contribution in [2.75, 3.05) is 0 Å². The molecule has 6 heteroatoms. The largest absolute Gasteiger partial charge is 0.233 e. The number of hydrogen-bond donors (Lipinski definition) is 0. The van der Waals surface area contributed by atoms with E-state index in [0.717, 1.165) is 0 Å². The molecule has 78 valence electrons. The lowest BCUT2D eigenvalue weighted by molar-refractivity contribution is 1.41. The molecule has 0 aliphatic heterocycles. The molecule has 0 amide bonds. The first-order valence-corrected chi connectivity index (χ1v) is 5.69. The standard InChI is InChI=1S/C9H2Cl5N/c10-4-2-1-3-5(11)7(13)9(14)15-8(3)6(4)12/h1-2H. The summed E-state index contributed by atoms with van der Waals surface area (Å²) >= 11 is 29.4. The maximum atomic E-state index is 6.00. The second-order valence-corrected chi connectivity index (χ2v) is 4.69. The molecule has 0 saturated heterocycles. The Morgan fingerprint density at radius 2 is 1.47 bits per heavy atom. The van der Waals surface area contributed by atoms with Crippen LogP contribution in [-0.2, 0) is 0 Å². The van der Waals surface area contributed by atoms with Crippen LogP contribution in [0.4, 0.5) is 0 Å². The fourth-order valence-electron chi connectivity index (χ4n) is 1.18. The van der Waals surface area contributed by atoms with E-state index in [-0.39, 0.29) is 10.2 Å². The summed E-state index contributed by atoms with van der Waals surface area (Å²) in [6.07, 6.45) is 0. The van der Waals surface area contributed by atoms with E-state index in [9.17, 15) is 0 Å². The summed E-state index contributed by atoms with van der Waals surface area (Å²) in [6, 6.07) is 3.32. The fraction of sp³-hybridized carbons (Fsp3) is 0. The predicted molar refractivity (Wildman–Crippen MR) is 66.8 cm³/mol. The highest BCUT2D eigenvalue weighted by molar-refractivity contribution is 6.51. The molecule has 2 rings (SSSR count). The summed E-state index contributed by atoms with van der Waals surface area (Å²) in [5, 5.41) is 1.98. The smallest absolute Gasteiger partial charge is 0.149 e. The first kappa shape index (κ1) is 11.6. The Bertz CT molecular complexity index is 552. The molecule has 0 fully saturated rings. The molecular weight excluding hydrogens is 299 g/mol. The molecule has 1 heterocycles. The topological polar surface area (TPSA) is 12.9 Å². The SMILES string of the molecule is Clc1ccc2c(Cl)c(Cl)c(Cl)nc2c1Cl. The Morgan fingerprint density at radius 3 is 2.13 bits per heavy atom. The van der Waals surface area contributed by atoms with Gasteiger partial charge in [-0.3, -0.25) is 0 Å². The zero-order chi connectivity index (χ0) is 11.2. The molecule has 0 saturated carbocycles. The minimum Gasteiger partial charge on any atom is -0.233 e. The van der Waals surface area contributed by atoms with Crippen LogP contribution in [0.1, 0.15) is 0 Å². The Labute approximate surface area is 111 Å². The summed E-state index contributed by atoms with van der Waals surface area (Å²) in [4.78, 5) is 4.03. The molecule has 1 aromatic heterocycles. The van der Waals surface area contributed by atoms with Gasteiger partial charge in [-0.15, -0.1) is 0 Å². The van der Waals surface area contributed by atoms with Gasteiger partial charge in [0.1, 0.15) is 5.15 Å². The second-order valence-electron chi connectivity index (χ2n) is 2.79. The van der Waals surface area contributed by atoms with Crippen LogP contribution in [0.5, 0.6) is 0 Å². The molecule has 15 heavy (non-hydrogen) atoms. The third-order valence-corrected chi connectivity index (χ3v) is 3.91. The third kappa shape index (κ3) is 1.88. The average molecular weight is 301 g/mol. The molecule has 0 unspecified atom stereocenters. The number of nitrogens with zero attached hydrogens (tertiary/aromatic N) is 1. The highest BCUT2D eigenvalue weighted by Crippen LogP contribution is 2.39. The van der Waals surface area contributed by atoms with E-state index in [2.05, 4.69) is 4.98 Å². The lowest BCUT2D eigenvalue weighted by Gasteiger charge is -2.06. The summed E-state index contributed by atoms with van der Waals surface area (Å²) < 4.78 is 0. The monoisotopic (exact) mass is 299 g/mol. The summed E-state index contributed by atoms with van der Waals surface area (Å²) in [7, 11) is 0. The van der Waals surface area contributed by atoms with E-state index in [1.54, 1.807) is 12.1 Å². The van der Waals surface area contributed by atoms with Crippen molar-refractivity contribution in [1.29, 1.82) is 0 Å². The van der Waals surface area contributed by atoms with Gasteiger partial charge in [-0.1, -0.05) is 58.0 Å². The van der Waals surface area contributed by atoms with Gasteiger partial charge in [-0.05, 0) is 12.1 Å². The van der Waals surface area contributed by atoms with E-state index in [1.807, 2.05) is 0 Å². The number of benzene rings is 1. The van der Waals surface area contributed by atoms with E-state index < -0.39 is 0 Å². The van der Waals surface area contributed by atoms with E-state index in [0.29, 0.717) is 26.0 Å². The Morgan fingerprint density at radius 1 is 0.800 bits per heavy atom. The van der Waals surface area contributed by atoms with Crippen molar-refractivity contribution in [3.05, 3.63) is 37.4 Å². The molecule has 2 aromatic rings. The fourth-order valence-corrected chi connectivity index (χ4v) is 2.16. The molecular formula is C9H2Cl5N. The highest BCUT2D eigenvalue weighted by atomic mass is 35.5. The van der Waals surface area contributed by atoms with Crippen LogP contribution < -0.4 is 0 Å². The van der Waals surface area contributed by atoms with Crippen LogP contribution in [-0.4, -0.2) is 4.98 Å².